The van der Waals surface area contributed by atoms with Gasteiger partial charge in [-0.1, -0.05) is 0 Å². The van der Waals surface area contributed by atoms with E-state index in [0.717, 1.165) is 0 Å². The van der Waals surface area contributed by atoms with Gasteiger partial charge in [-0.3, -0.25) is 0 Å². The summed E-state index contributed by atoms with van der Waals surface area (Å²) in [7, 11) is 0. The van der Waals surface area contributed by atoms with E-state index in [1.807, 2.05) is 0 Å². The number of hydrogen-bond acceptors (Lipinski definition) is 2. The maximum absolute atomic E-state index is 13.1. The first kappa shape index (κ1) is 12.1. The SMILES string of the molecule is N/C(=C\C(=O)O)Cc1cc(F)c(F)cc1F. The monoisotopic (exact) mass is 231 g/mol. The molecular weight excluding hydrogens is 223 g/mol. The molecule has 0 aliphatic rings. The molecule has 0 saturated heterocycles. The third-order valence-corrected chi connectivity index (χ3v) is 1.79. The molecule has 3 N–H and O–H groups in total. The Bertz CT molecular complexity index is 458. The second kappa shape index (κ2) is 4.69. The summed E-state index contributed by atoms with van der Waals surface area (Å²) in [6, 6.07) is 1.03. The quantitative estimate of drug-likeness (QED) is 0.613. The third kappa shape index (κ3) is 3.01. The summed E-state index contributed by atoms with van der Waals surface area (Å²) in [5, 5.41) is 8.35. The minimum absolute atomic E-state index is 0.155. The highest BCUT2D eigenvalue weighted by molar-refractivity contribution is 5.80. The van der Waals surface area contributed by atoms with Crippen molar-refractivity contribution in [3.8, 4) is 0 Å². The lowest BCUT2D eigenvalue weighted by Gasteiger charge is -2.04. The van der Waals surface area contributed by atoms with Crippen LogP contribution in [0.2, 0.25) is 0 Å². The highest BCUT2D eigenvalue weighted by Gasteiger charge is 2.10. The molecule has 3 nitrogen and oxygen atoms in total. The molecule has 0 heterocycles. The first-order valence-corrected chi connectivity index (χ1v) is 4.22. The van der Waals surface area contributed by atoms with Crippen LogP contribution in [-0.2, 0) is 11.2 Å². The van der Waals surface area contributed by atoms with Crippen LogP contribution in [0.5, 0.6) is 0 Å². The Labute approximate surface area is 89.0 Å². The first-order valence-electron chi connectivity index (χ1n) is 4.22. The minimum atomic E-state index is -1.30. The van der Waals surface area contributed by atoms with Crippen LogP contribution in [0.1, 0.15) is 5.56 Å². The highest BCUT2D eigenvalue weighted by atomic mass is 19.2. The van der Waals surface area contributed by atoms with Crippen LogP contribution in [0.15, 0.2) is 23.9 Å². The summed E-state index contributed by atoms with van der Waals surface area (Å²) in [5.41, 5.74) is 4.91. The van der Waals surface area contributed by atoms with Gasteiger partial charge in [-0.25, -0.2) is 18.0 Å². The summed E-state index contributed by atoms with van der Waals surface area (Å²) < 4.78 is 38.4. The van der Waals surface area contributed by atoms with Crippen molar-refractivity contribution in [3.05, 3.63) is 46.9 Å². The Kier molecular flexibility index (Phi) is 3.55. The van der Waals surface area contributed by atoms with Crippen LogP contribution >= 0.6 is 0 Å². The van der Waals surface area contributed by atoms with Crippen molar-refractivity contribution in [2.75, 3.05) is 0 Å². The van der Waals surface area contributed by atoms with Gasteiger partial charge in [0.2, 0.25) is 0 Å². The highest BCUT2D eigenvalue weighted by Crippen LogP contribution is 2.15. The van der Waals surface area contributed by atoms with E-state index in [4.69, 9.17) is 10.8 Å². The number of aliphatic carboxylic acids is 1. The lowest BCUT2D eigenvalue weighted by atomic mass is 10.1. The molecule has 0 radical (unpaired) electrons. The standard InChI is InChI=1S/C10H8F3NO2/c11-7-4-9(13)8(12)2-5(7)1-6(14)3-10(15)16/h2-4H,1,14H2,(H,15,16)/b6-3-. The molecule has 86 valence electrons. The third-order valence-electron chi connectivity index (χ3n) is 1.79. The van der Waals surface area contributed by atoms with E-state index in [1.54, 1.807) is 0 Å². The number of nitrogens with two attached hydrogens (primary N) is 1. The second-order valence-electron chi connectivity index (χ2n) is 3.09. The maximum Gasteiger partial charge on any atom is 0.330 e. The van der Waals surface area contributed by atoms with Crippen LogP contribution in [-0.4, -0.2) is 11.1 Å². The zero-order valence-electron chi connectivity index (χ0n) is 8.01. The van der Waals surface area contributed by atoms with Crippen molar-refractivity contribution >= 4 is 5.97 Å². The van der Waals surface area contributed by atoms with Crippen molar-refractivity contribution < 1.29 is 23.1 Å². The van der Waals surface area contributed by atoms with Crippen LogP contribution in [0.25, 0.3) is 0 Å². The molecule has 0 amide bonds. The number of carboxylic acid groups (broad SMARTS) is 1. The fraction of sp³-hybridized carbons (Fsp3) is 0.100. The van der Waals surface area contributed by atoms with Gasteiger partial charge in [0.1, 0.15) is 5.82 Å². The Balaban J connectivity index is 2.98. The van der Waals surface area contributed by atoms with Gasteiger partial charge in [0.25, 0.3) is 0 Å². The molecule has 0 fully saturated rings. The molecule has 1 rings (SSSR count). The molecule has 6 heteroatoms. The molecule has 0 atom stereocenters. The normalized spacial score (nSPS) is 11.6. The van der Waals surface area contributed by atoms with Crippen LogP contribution < -0.4 is 5.73 Å². The van der Waals surface area contributed by atoms with E-state index in [2.05, 4.69) is 0 Å². The van der Waals surface area contributed by atoms with Gasteiger partial charge in [-0.05, 0) is 11.6 Å². The topological polar surface area (TPSA) is 63.3 Å². The van der Waals surface area contributed by atoms with Gasteiger partial charge in [-0.15, -0.1) is 0 Å². The van der Waals surface area contributed by atoms with Gasteiger partial charge in [0.15, 0.2) is 11.6 Å². The number of carboxylic acids is 1. The van der Waals surface area contributed by atoms with Crippen molar-refractivity contribution in [1.82, 2.24) is 0 Å². The molecular formula is C10H8F3NO2. The fourth-order valence-electron chi connectivity index (χ4n) is 1.13. The summed E-state index contributed by atoms with van der Waals surface area (Å²) >= 11 is 0. The number of hydrogen-bond donors (Lipinski definition) is 2. The van der Waals surface area contributed by atoms with E-state index in [0.29, 0.717) is 18.2 Å². The lowest BCUT2D eigenvalue weighted by molar-refractivity contribution is -0.131. The van der Waals surface area contributed by atoms with E-state index in [9.17, 15) is 18.0 Å². The Morgan fingerprint density at radius 2 is 1.81 bits per heavy atom. The maximum atomic E-state index is 13.1. The number of rotatable bonds is 3. The van der Waals surface area contributed by atoms with E-state index in [1.165, 1.54) is 0 Å². The van der Waals surface area contributed by atoms with E-state index >= 15 is 0 Å². The summed E-state index contributed by atoms with van der Waals surface area (Å²) in [6.45, 7) is 0. The molecule has 16 heavy (non-hydrogen) atoms. The van der Waals surface area contributed by atoms with Crippen LogP contribution in [0.4, 0.5) is 13.2 Å². The number of halogens is 3. The Morgan fingerprint density at radius 3 is 2.38 bits per heavy atom. The summed E-state index contributed by atoms with van der Waals surface area (Å²) in [5.74, 6) is -4.78. The smallest absolute Gasteiger partial charge is 0.330 e. The molecule has 0 saturated carbocycles. The van der Waals surface area contributed by atoms with Crippen LogP contribution in [0.3, 0.4) is 0 Å². The average Bonchev–Trinajstić information content (AvgIpc) is 2.12. The lowest BCUT2D eigenvalue weighted by Crippen LogP contribution is -2.07. The zero-order chi connectivity index (χ0) is 12.3. The first-order chi connectivity index (χ1) is 7.40. The number of benzene rings is 1. The Hall–Kier alpha value is -1.98. The Morgan fingerprint density at radius 1 is 1.25 bits per heavy atom. The number of allylic oxidation sites excluding steroid dienone is 1. The predicted molar refractivity (Wildman–Crippen MR) is 49.9 cm³/mol. The number of carbonyl (C=O) groups is 1. The molecule has 0 unspecified atom stereocenters. The van der Waals surface area contributed by atoms with Crippen molar-refractivity contribution in [1.29, 1.82) is 0 Å². The summed E-state index contributed by atoms with van der Waals surface area (Å²) in [6.07, 6.45) is 0.371. The van der Waals surface area contributed by atoms with Gasteiger partial charge < -0.3 is 10.8 Å². The average molecular weight is 231 g/mol. The molecule has 0 bridgehead atoms. The second-order valence-corrected chi connectivity index (χ2v) is 3.09. The molecule has 1 aromatic carbocycles. The molecule has 0 aliphatic carbocycles. The van der Waals surface area contributed by atoms with Gasteiger partial charge in [-0.2, -0.15) is 0 Å². The predicted octanol–water partition coefficient (Wildman–Crippen LogP) is 1.57. The van der Waals surface area contributed by atoms with Crippen molar-refractivity contribution in [2.45, 2.75) is 6.42 Å². The van der Waals surface area contributed by atoms with Gasteiger partial charge in [0.05, 0.1) is 0 Å². The van der Waals surface area contributed by atoms with Crippen molar-refractivity contribution in [3.63, 3.8) is 0 Å². The minimum Gasteiger partial charge on any atom is -0.478 e. The van der Waals surface area contributed by atoms with Crippen molar-refractivity contribution in [2.24, 2.45) is 5.73 Å². The summed E-state index contributed by atoms with van der Waals surface area (Å²) in [4.78, 5) is 10.2. The van der Waals surface area contributed by atoms with E-state index in [-0.39, 0.29) is 17.7 Å². The molecule has 1 aromatic rings. The fourth-order valence-corrected chi connectivity index (χ4v) is 1.13. The van der Waals surface area contributed by atoms with Gasteiger partial charge in [0, 0.05) is 24.3 Å². The molecule has 0 aromatic heterocycles. The molecule has 0 aliphatic heterocycles. The van der Waals surface area contributed by atoms with Gasteiger partial charge >= 0.3 is 5.97 Å². The molecule has 0 spiro atoms. The largest absolute Gasteiger partial charge is 0.478 e. The zero-order valence-corrected chi connectivity index (χ0v) is 8.01. The van der Waals surface area contributed by atoms with Crippen LogP contribution in [0, 0.1) is 17.5 Å². The van der Waals surface area contributed by atoms with E-state index < -0.39 is 23.4 Å².